The molecule has 8 bridgehead atoms. The summed E-state index contributed by atoms with van der Waals surface area (Å²) in [6.45, 7) is 20.9. The predicted molar refractivity (Wildman–Crippen MR) is 424 cm³/mol. The maximum absolute atomic E-state index is 13.2. The van der Waals surface area contributed by atoms with E-state index in [1.54, 1.807) is 42.1 Å². The fourth-order valence-corrected chi connectivity index (χ4v) is 17.2. The van der Waals surface area contributed by atoms with E-state index in [4.69, 9.17) is 78.4 Å². The molecule has 0 spiro atoms. The number of esters is 4. The molecule has 15 rings (SSSR count). The van der Waals surface area contributed by atoms with E-state index >= 15 is 0 Å². The first-order chi connectivity index (χ1) is 54.2. The molecule has 8 fully saturated rings. The Morgan fingerprint density at radius 2 is 0.779 bits per heavy atom. The summed E-state index contributed by atoms with van der Waals surface area (Å²) in [6.07, 6.45) is 14.5. The van der Waals surface area contributed by atoms with E-state index < -0.39 is 101 Å². The van der Waals surface area contributed by atoms with Gasteiger partial charge in [-0.3, -0.25) is 43.3 Å². The lowest BCUT2D eigenvalue weighted by molar-refractivity contribution is -0.156. The summed E-state index contributed by atoms with van der Waals surface area (Å²) in [4.78, 5) is 120. The number of benzene rings is 3. The van der Waals surface area contributed by atoms with Crippen LogP contribution in [0.25, 0.3) is 0 Å². The summed E-state index contributed by atoms with van der Waals surface area (Å²) in [5, 5.41) is 12.5. The normalized spacial score (nSPS) is 29.9. The van der Waals surface area contributed by atoms with Crippen molar-refractivity contribution in [3.05, 3.63) is 144 Å². The number of alkyl halides is 3. The number of nitrogens with zero attached hydrogens (tertiary/aromatic N) is 8. The molecule has 113 heavy (non-hydrogen) atoms. The molecule has 3 aromatic rings. The number of fused-ring (bicyclic) bond motifs is 8. The van der Waals surface area contributed by atoms with E-state index in [9.17, 15) is 43.4 Å². The topological polar surface area (TPSA) is 295 Å². The van der Waals surface area contributed by atoms with Gasteiger partial charge in [0.05, 0.1) is 72.5 Å². The molecule has 4 amide bonds. The molecule has 612 valence electrons. The number of nitrogens with one attached hydrogen (secondary N) is 1. The number of carbonyl (C=O) groups excluding carboxylic acids is 8. The van der Waals surface area contributed by atoms with Crippen molar-refractivity contribution in [1.29, 1.82) is 0 Å². The zero-order valence-corrected chi connectivity index (χ0v) is 67.7. The fourth-order valence-electron chi connectivity index (χ4n) is 17.0. The number of ether oxygens (including phenoxy) is 8. The van der Waals surface area contributed by atoms with Crippen molar-refractivity contribution in [3.63, 3.8) is 0 Å². The van der Waals surface area contributed by atoms with Crippen LogP contribution >= 0.6 is 34.8 Å². The minimum atomic E-state index is -1.68. The summed E-state index contributed by atoms with van der Waals surface area (Å²) in [5.74, 6) is -5.50. The second-order valence-corrected chi connectivity index (χ2v) is 34.2. The SMILES string of the molecule is CB(O)NC(C)Cc1ccc(OC(=O)C2C(C(=O)N3CCN(C)CC3)[C@@H]3C=C[C@H]2O3)cc1.CC(N)Cc1ccc(OC(=O)C2C(C(=O)N3CCN(C)CC3)[C@@H]3C=C[C@H]2O3)cc1.CCCN1CCN(C(=O)C2C(C(=O)OCc3ccccc3)[C@H]3C=C[C@@H]2O3)CC1.CN1CCN(C(=O)C2C(C(=O)OCC(Cl)(Cl)Cl)[C@H]3C=C[C@@H]2O3)CC1. The Kier molecular flexibility index (Phi) is 29.2. The lowest BCUT2D eigenvalue weighted by Gasteiger charge is -2.37. The van der Waals surface area contributed by atoms with Gasteiger partial charge in [0.1, 0.15) is 48.4 Å². The lowest BCUT2D eigenvalue weighted by Crippen LogP contribution is -2.53. The first-order valence-corrected chi connectivity index (χ1v) is 40.8. The highest BCUT2D eigenvalue weighted by Crippen LogP contribution is 2.46. The van der Waals surface area contributed by atoms with Crippen LogP contribution in [0.15, 0.2) is 127 Å². The van der Waals surface area contributed by atoms with Gasteiger partial charge in [-0.05, 0) is 108 Å². The Morgan fingerprint density at radius 1 is 0.460 bits per heavy atom. The first-order valence-electron chi connectivity index (χ1n) is 39.7. The maximum Gasteiger partial charge on any atom is 0.373 e. The number of hydrogen-bond acceptors (Lipinski definition) is 23. The summed E-state index contributed by atoms with van der Waals surface area (Å²) in [7, 11) is 5.54. The molecule has 18 atom stereocenters. The van der Waals surface area contributed by atoms with Gasteiger partial charge in [-0.2, -0.15) is 0 Å². The van der Waals surface area contributed by atoms with Gasteiger partial charge >= 0.3 is 30.9 Å². The van der Waals surface area contributed by atoms with E-state index in [0.717, 1.165) is 94.9 Å². The van der Waals surface area contributed by atoms with Crippen LogP contribution < -0.4 is 20.4 Å². The third-order valence-corrected chi connectivity index (χ3v) is 23.3. The molecular weight excluding hydrogens is 1510 g/mol. The van der Waals surface area contributed by atoms with Crippen LogP contribution in [0, 0.1) is 47.3 Å². The van der Waals surface area contributed by atoms with Crippen molar-refractivity contribution in [2.75, 3.05) is 139 Å². The minimum Gasteiger partial charge on any atom is -0.461 e. The zero-order valence-electron chi connectivity index (χ0n) is 65.4. The Morgan fingerprint density at radius 3 is 1.11 bits per heavy atom. The minimum absolute atomic E-state index is 0.0100. The molecule has 4 N–H and O–H groups in total. The maximum atomic E-state index is 13.2. The van der Waals surface area contributed by atoms with Gasteiger partial charge in [-0.15, -0.1) is 0 Å². The number of rotatable bonds is 21. The number of amides is 4. The van der Waals surface area contributed by atoms with Crippen LogP contribution in [0.5, 0.6) is 11.5 Å². The Balaban J connectivity index is 0.000000140. The molecule has 12 aliphatic rings. The van der Waals surface area contributed by atoms with Gasteiger partial charge in [-0.1, -0.05) is 152 Å². The van der Waals surface area contributed by atoms with Crippen LogP contribution in [0.3, 0.4) is 0 Å². The molecule has 0 saturated carbocycles. The number of halogens is 3. The number of piperazine rings is 4. The summed E-state index contributed by atoms with van der Waals surface area (Å²) >= 11 is 16.9. The van der Waals surface area contributed by atoms with E-state index in [2.05, 4.69) is 31.8 Å². The van der Waals surface area contributed by atoms with Crippen LogP contribution in [0.2, 0.25) is 6.82 Å². The van der Waals surface area contributed by atoms with Crippen LogP contribution in [0.1, 0.15) is 43.9 Å². The standard InChI is InChI=1S/C23H32BN3O5.C22H29N3O4.C22H28N2O4.C15H19Cl3N2O4/c1-15(25-24(2)30)14-16-4-6-17(7-5-16)31-23(29)21-19-9-8-18(32-19)20(21)22(28)27-12-10-26(3)11-13-27;1-14(23)13-15-3-5-16(6-4-15)28-22(27)20-18-8-7-17(29-18)19(20)21(26)25-11-9-24(2)10-12-25;1-2-10-23-11-13-24(14-12-23)21(25)19-17-8-9-18(28-17)20(19)22(26)27-15-16-6-4-3-5-7-16;1-19-4-6-20(7-5-19)13(21)11-9-2-3-10(24-9)12(11)14(22)23-8-15(16,17)18/h4-9,15,18-21,25,30H,10-14H2,1-3H3;3-8,14,17-20H,9-13,23H2,1-2H3;3-9,17-20H,2,10-15H2,1H3;2-3,9-12H,4-8H2,1H3/t15?,18-,19+,20?,21?;14?,17-,18+,19?,20?;17-,18+,19?,20?;9-,10+,11?,12?/m0000/s1. The van der Waals surface area contributed by atoms with Gasteiger partial charge in [0, 0.05) is 111 Å². The van der Waals surface area contributed by atoms with Crippen molar-refractivity contribution >= 4 is 89.4 Å². The fraction of sp³-hybridized carbons (Fsp3) is 0.585. The number of nitrogens with two attached hydrogens (primary N) is 1. The van der Waals surface area contributed by atoms with E-state index in [-0.39, 0.29) is 79.3 Å². The molecule has 0 aromatic heterocycles. The Hall–Kier alpha value is -7.13. The summed E-state index contributed by atoms with van der Waals surface area (Å²) < 4.78 is 43.6. The van der Waals surface area contributed by atoms with Gasteiger partial charge in [0.25, 0.3) is 0 Å². The average Bonchev–Trinajstić information content (AvgIpc) is 1.63. The molecule has 12 heterocycles. The molecule has 0 radical (unpaired) electrons. The van der Waals surface area contributed by atoms with Gasteiger partial charge in [0.15, 0.2) is 0 Å². The lowest BCUT2D eigenvalue weighted by atomic mass is 9.82. The zero-order chi connectivity index (χ0) is 80.4. The van der Waals surface area contributed by atoms with Crippen molar-refractivity contribution in [1.82, 2.24) is 44.4 Å². The number of likely N-dealkylation sites (N-methyl/N-ethyl adjacent to an activating group) is 3. The monoisotopic (exact) mass is 1620 g/mol. The summed E-state index contributed by atoms with van der Waals surface area (Å²) in [5.41, 5.74) is 8.93. The highest BCUT2D eigenvalue weighted by Gasteiger charge is 2.59. The molecule has 0 aliphatic carbocycles. The van der Waals surface area contributed by atoms with Crippen molar-refractivity contribution in [2.24, 2.45) is 53.1 Å². The third kappa shape index (κ3) is 21.6. The quantitative estimate of drug-likeness (QED) is 0.0435. The van der Waals surface area contributed by atoms with Crippen LogP contribution in [-0.2, 0) is 86.2 Å². The molecule has 8 saturated heterocycles. The average molecular weight is 1620 g/mol. The molecule has 3 aromatic carbocycles. The van der Waals surface area contributed by atoms with Gasteiger partial charge in [-0.25, -0.2) is 0 Å². The highest BCUT2D eigenvalue weighted by atomic mass is 35.6. The first kappa shape index (κ1) is 85.2. The van der Waals surface area contributed by atoms with Crippen molar-refractivity contribution in [2.45, 2.75) is 118 Å². The van der Waals surface area contributed by atoms with Gasteiger partial charge in [0.2, 0.25) is 27.4 Å². The second kappa shape index (κ2) is 38.8. The van der Waals surface area contributed by atoms with E-state index in [0.29, 0.717) is 63.9 Å². The molecule has 12 aliphatic heterocycles. The molecule has 27 nitrogen and oxygen atoms in total. The number of carbonyl (C=O) groups is 8. The molecule has 10 unspecified atom stereocenters. The Bertz CT molecular complexity index is 3900. The second-order valence-electron chi connectivity index (χ2n) is 31.6. The Labute approximate surface area is 677 Å². The predicted octanol–water partition coefficient (Wildman–Crippen LogP) is 4.49. The number of hydrogen-bond donors (Lipinski definition) is 3. The molecular formula is C82H108BCl3N10O17. The third-order valence-electron chi connectivity index (χ3n) is 23.0. The van der Waals surface area contributed by atoms with Gasteiger partial charge < -0.3 is 88.2 Å². The highest BCUT2D eigenvalue weighted by molar-refractivity contribution is 6.67. The van der Waals surface area contributed by atoms with Crippen LogP contribution in [0.4, 0.5) is 0 Å². The molecule has 31 heteroatoms. The van der Waals surface area contributed by atoms with Crippen molar-refractivity contribution < 1.29 is 81.3 Å². The largest absolute Gasteiger partial charge is 0.461 e. The van der Waals surface area contributed by atoms with Crippen molar-refractivity contribution in [3.8, 4) is 11.5 Å². The summed E-state index contributed by atoms with van der Waals surface area (Å²) in [6, 6.07) is 24.5. The van der Waals surface area contributed by atoms with Crippen LogP contribution in [-0.4, -0.2) is 302 Å². The van der Waals surface area contributed by atoms with E-state index in [1.807, 2.05) is 147 Å². The van der Waals surface area contributed by atoms with E-state index in [1.165, 1.54) is 0 Å². The smallest absolute Gasteiger partial charge is 0.373 e.